The lowest BCUT2D eigenvalue weighted by molar-refractivity contribution is -0.118. The first-order valence-electron chi connectivity index (χ1n) is 8.31. The molecular weight excluding hydrogens is 352 g/mol. The summed E-state index contributed by atoms with van der Waals surface area (Å²) in [5.41, 5.74) is 7.28. The zero-order chi connectivity index (χ0) is 18.7. The van der Waals surface area contributed by atoms with Gasteiger partial charge in [0.25, 0.3) is 5.56 Å². The fourth-order valence-electron chi connectivity index (χ4n) is 2.74. The maximum absolute atomic E-state index is 12.3. The topological polar surface area (TPSA) is 108 Å². The van der Waals surface area contributed by atoms with E-state index in [1.54, 1.807) is 10.5 Å². The van der Waals surface area contributed by atoms with Gasteiger partial charge in [-0.15, -0.1) is 10.2 Å². The zero-order valence-corrected chi connectivity index (χ0v) is 15.5. The quantitative estimate of drug-likeness (QED) is 0.627. The second-order valence-electron chi connectivity index (χ2n) is 5.84. The number of hydrogen-bond acceptors (Lipinski definition) is 6. The van der Waals surface area contributed by atoms with Crippen molar-refractivity contribution >= 4 is 23.3 Å². The Kier molecular flexibility index (Phi) is 5.36. The van der Waals surface area contributed by atoms with Crippen LogP contribution in [0.4, 0.5) is 0 Å². The number of carbonyl (C=O) groups is 1. The van der Waals surface area contributed by atoms with Gasteiger partial charge in [-0.3, -0.25) is 14.0 Å². The van der Waals surface area contributed by atoms with Crippen LogP contribution in [-0.2, 0) is 23.5 Å². The number of amides is 1. The largest absolute Gasteiger partial charge is 0.370 e. The van der Waals surface area contributed by atoms with E-state index in [9.17, 15) is 9.59 Å². The molecule has 0 unspecified atom stereocenters. The minimum atomic E-state index is -0.360. The number of carbonyl (C=O) groups excluding carboxylic acids is 1. The van der Waals surface area contributed by atoms with Crippen molar-refractivity contribution in [2.75, 3.05) is 0 Å². The summed E-state index contributed by atoms with van der Waals surface area (Å²) < 4.78 is 3.54. The Morgan fingerprint density at radius 3 is 2.85 bits per heavy atom. The van der Waals surface area contributed by atoms with Gasteiger partial charge in [0.1, 0.15) is 11.5 Å². The highest BCUT2D eigenvalue weighted by molar-refractivity contribution is 7.98. The number of thioether (sulfide) groups is 1. The first-order chi connectivity index (χ1) is 12.5. The summed E-state index contributed by atoms with van der Waals surface area (Å²) in [4.78, 5) is 27.9. The van der Waals surface area contributed by atoms with Crippen LogP contribution in [0, 0.1) is 6.92 Å². The molecule has 0 aliphatic rings. The first kappa shape index (κ1) is 18.1. The fourth-order valence-corrected chi connectivity index (χ4v) is 3.65. The van der Waals surface area contributed by atoms with E-state index in [2.05, 4.69) is 15.2 Å². The van der Waals surface area contributed by atoms with Gasteiger partial charge in [-0.05, 0) is 26.0 Å². The molecule has 0 saturated heterocycles. The van der Waals surface area contributed by atoms with E-state index in [4.69, 9.17) is 5.73 Å². The molecule has 0 spiro atoms. The zero-order valence-electron chi connectivity index (χ0n) is 14.7. The Labute approximate surface area is 154 Å². The summed E-state index contributed by atoms with van der Waals surface area (Å²) in [6.07, 6.45) is 0.705. The standard InChI is InChI=1S/C17H20N6O2S/c1-3-22-15(8-7-13(18)24)20-21-17(22)26-10-12-9-16(25)23-11(2)5-4-6-14(23)19-12/h4-6,9H,3,7-8,10H2,1-2H3,(H2,18,24). The number of nitrogens with zero attached hydrogens (tertiary/aromatic N) is 5. The molecule has 0 aliphatic carbocycles. The maximum Gasteiger partial charge on any atom is 0.258 e. The molecule has 26 heavy (non-hydrogen) atoms. The number of primary amides is 1. The van der Waals surface area contributed by atoms with Crippen molar-refractivity contribution in [3.05, 3.63) is 51.8 Å². The molecule has 0 atom stereocenters. The van der Waals surface area contributed by atoms with E-state index < -0.39 is 0 Å². The number of fused-ring (bicyclic) bond motifs is 1. The lowest BCUT2D eigenvalue weighted by Crippen LogP contribution is -2.17. The van der Waals surface area contributed by atoms with Crippen LogP contribution >= 0.6 is 11.8 Å². The third-order valence-corrected chi connectivity index (χ3v) is 4.99. The average molecular weight is 372 g/mol. The molecule has 0 aliphatic heterocycles. The van der Waals surface area contributed by atoms with Gasteiger partial charge in [-0.2, -0.15) is 0 Å². The van der Waals surface area contributed by atoms with Crippen molar-refractivity contribution in [2.45, 2.75) is 44.1 Å². The summed E-state index contributed by atoms with van der Waals surface area (Å²) >= 11 is 1.46. The van der Waals surface area contributed by atoms with Gasteiger partial charge >= 0.3 is 0 Å². The van der Waals surface area contributed by atoms with Gasteiger partial charge in [0, 0.05) is 36.9 Å². The molecule has 0 bridgehead atoms. The van der Waals surface area contributed by atoms with Crippen molar-refractivity contribution in [2.24, 2.45) is 5.73 Å². The van der Waals surface area contributed by atoms with E-state index >= 15 is 0 Å². The fraction of sp³-hybridized carbons (Fsp3) is 0.353. The molecule has 3 aromatic rings. The van der Waals surface area contributed by atoms with Gasteiger partial charge in [0.2, 0.25) is 5.91 Å². The minimum absolute atomic E-state index is 0.0946. The molecule has 9 heteroatoms. The Morgan fingerprint density at radius 1 is 1.31 bits per heavy atom. The van der Waals surface area contributed by atoms with E-state index in [-0.39, 0.29) is 17.9 Å². The van der Waals surface area contributed by atoms with Gasteiger partial charge in [0.05, 0.1) is 5.69 Å². The van der Waals surface area contributed by atoms with Crippen molar-refractivity contribution in [1.82, 2.24) is 24.1 Å². The number of pyridine rings is 1. The number of aromatic nitrogens is 5. The lowest BCUT2D eigenvalue weighted by Gasteiger charge is -2.08. The van der Waals surface area contributed by atoms with Crippen LogP contribution < -0.4 is 11.3 Å². The van der Waals surface area contributed by atoms with Crippen LogP contribution in [0.2, 0.25) is 0 Å². The molecule has 2 N–H and O–H groups in total. The van der Waals surface area contributed by atoms with E-state index in [1.807, 2.05) is 36.6 Å². The second kappa shape index (κ2) is 7.69. The van der Waals surface area contributed by atoms with E-state index in [0.717, 1.165) is 16.7 Å². The van der Waals surface area contributed by atoms with Gasteiger partial charge in [-0.1, -0.05) is 17.8 Å². The summed E-state index contributed by atoms with van der Waals surface area (Å²) in [5, 5.41) is 9.07. The predicted molar refractivity (Wildman–Crippen MR) is 99.0 cm³/mol. The van der Waals surface area contributed by atoms with E-state index in [0.29, 0.717) is 30.1 Å². The smallest absolute Gasteiger partial charge is 0.258 e. The SMILES string of the molecule is CCn1c(CCC(N)=O)nnc1SCc1cc(=O)n2c(C)cccc2n1. The third-order valence-electron chi connectivity index (χ3n) is 3.99. The second-order valence-corrected chi connectivity index (χ2v) is 6.79. The molecule has 3 rings (SSSR count). The average Bonchev–Trinajstić information content (AvgIpc) is 2.99. The van der Waals surface area contributed by atoms with Crippen LogP contribution in [0.25, 0.3) is 5.65 Å². The highest BCUT2D eigenvalue weighted by atomic mass is 32.2. The number of aryl methyl sites for hydroxylation is 2. The van der Waals surface area contributed by atoms with Gasteiger partial charge < -0.3 is 10.3 Å². The number of rotatable bonds is 7. The molecule has 3 heterocycles. The molecular formula is C17H20N6O2S. The van der Waals surface area contributed by atoms with Crippen LogP contribution in [0.15, 0.2) is 34.2 Å². The number of nitrogens with two attached hydrogens (primary N) is 1. The summed E-state index contributed by atoms with van der Waals surface area (Å²) in [5.74, 6) is 0.880. The molecule has 136 valence electrons. The first-order valence-corrected chi connectivity index (χ1v) is 9.29. The highest BCUT2D eigenvalue weighted by Crippen LogP contribution is 2.21. The monoisotopic (exact) mass is 372 g/mol. The molecule has 8 nitrogen and oxygen atoms in total. The van der Waals surface area contributed by atoms with Crippen molar-refractivity contribution in [1.29, 1.82) is 0 Å². The van der Waals surface area contributed by atoms with Crippen LogP contribution in [0.3, 0.4) is 0 Å². The molecule has 0 fully saturated rings. The normalized spacial score (nSPS) is 11.2. The molecule has 3 aromatic heterocycles. The Hall–Kier alpha value is -2.68. The van der Waals surface area contributed by atoms with Gasteiger partial charge in [0.15, 0.2) is 5.16 Å². The van der Waals surface area contributed by atoms with Gasteiger partial charge in [-0.25, -0.2) is 4.98 Å². The van der Waals surface area contributed by atoms with Crippen molar-refractivity contribution in [3.8, 4) is 0 Å². The van der Waals surface area contributed by atoms with Crippen LogP contribution in [-0.4, -0.2) is 30.1 Å². The summed E-state index contributed by atoms with van der Waals surface area (Å²) in [7, 11) is 0. The van der Waals surface area contributed by atoms with Crippen LogP contribution in [0.1, 0.15) is 30.6 Å². The summed E-state index contributed by atoms with van der Waals surface area (Å²) in [6, 6.07) is 7.13. The Bertz CT molecular complexity index is 1010. The molecule has 0 aromatic carbocycles. The van der Waals surface area contributed by atoms with Crippen molar-refractivity contribution in [3.63, 3.8) is 0 Å². The highest BCUT2D eigenvalue weighted by Gasteiger charge is 2.13. The van der Waals surface area contributed by atoms with Crippen LogP contribution in [0.5, 0.6) is 0 Å². The Balaban J connectivity index is 1.80. The number of hydrogen-bond donors (Lipinski definition) is 1. The Morgan fingerprint density at radius 2 is 2.12 bits per heavy atom. The van der Waals surface area contributed by atoms with E-state index in [1.165, 1.54) is 11.8 Å². The molecule has 0 radical (unpaired) electrons. The predicted octanol–water partition coefficient (Wildman–Crippen LogP) is 1.32. The lowest BCUT2D eigenvalue weighted by atomic mass is 10.3. The molecule has 1 amide bonds. The maximum atomic E-state index is 12.3. The third kappa shape index (κ3) is 3.77. The minimum Gasteiger partial charge on any atom is -0.370 e. The summed E-state index contributed by atoms with van der Waals surface area (Å²) in [6.45, 7) is 4.56. The molecule has 0 saturated carbocycles. The van der Waals surface area contributed by atoms with Crippen molar-refractivity contribution < 1.29 is 4.79 Å².